The number of amides is 3. The van der Waals surface area contributed by atoms with Gasteiger partial charge in [0.25, 0.3) is 11.8 Å². The Balaban J connectivity index is 1.51. The smallest absolute Gasteiger partial charge is 0.272 e. The van der Waals surface area contributed by atoms with Crippen LogP contribution in [0.3, 0.4) is 0 Å². The summed E-state index contributed by atoms with van der Waals surface area (Å²) in [5.41, 5.74) is 3.36. The minimum Gasteiger partial charge on any atom is -0.497 e. The fraction of sp³-hybridized carbons (Fsp3) is 0.194. The maximum atomic E-state index is 13.6. The van der Waals surface area contributed by atoms with Crippen molar-refractivity contribution in [1.29, 1.82) is 0 Å². The average Bonchev–Trinajstić information content (AvgIpc) is 3.07. The summed E-state index contributed by atoms with van der Waals surface area (Å²) >= 11 is 1.39. The van der Waals surface area contributed by atoms with E-state index in [2.05, 4.69) is 16.0 Å². The van der Waals surface area contributed by atoms with Gasteiger partial charge in [0.2, 0.25) is 5.91 Å². The fourth-order valence-corrected chi connectivity index (χ4v) is 5.43. The summed E-state index contributed by atoms with van der Waals surface area (Å²) in [6, 6.07) is 28.8. The molecule has 0 spiro atoms. The third-order valence-corrected chi connectivity index (χ3v) is 8.26. The highest BCUT2D eigenvalue weighted by atomic mass is 32.2. The number of nitrogens with zero attached hydrogens (tertiary/aromatic N) is 1. The van der Waals surface area contributed by atoms with Crippen molar-refractivity contribution in [2.75, 3.05) is 43.8 Å². The van der Waals surface area contributed by atoms with Gasteiger partial charge in [0.15, 0.2) is 0 Å². The molecule has 0 aliphatic carbocycles. The molecule has 0 aliphatic rings. The van der Waals surface area contributed by atoms with Crippen molar-refractivity contribution in [1.82, 2.24) is 5.32 Å². The number of hydrogen-bond acceptors (Lipinski definition) is 7. The fourth-order valence-electron chi connectivity index (χ4n) is 4.41. The van der Waals surface area contributed by atoms with Gasteiger partial charge in [0.1, 0.15) is 17.2 Å². The second-order valence-electron chi connectivity index (χ2n) is 10.5. The Morgan fingerprint density at radius 1 is 0.804 bits per heavy atom. The number of nitrogens with one attached hydrogen (secondary N) is 3. The van der Waals surface area contributed by atoms with Crippen LogP contribution in [-0.2, 0) is 9.59 Å². The molecule has 0 bridgehead atoms. The molecule has 4 rings (SSSR count). The van der Waals surface area contributed by atoms with Gasteiger partial charge in [0.05, 0.1) is 19.5 Å². The van der Waals surface area contributed by atoms with Crippen molar-refractivity contribution >= 4 is 52.6 Å². The lowest BCUT2D eigenvalue weighted by Crippen LogP contribution is -2.30. The van der Waals surface area contributed by atoms with Gasteiger partial charge in [0, 0.05) is 59.8 Å². The largest absolute Gasteiger partial charge is 0.497 e. The molecule has 9 nitrogen and oxygen atoms in total. The average molecular weight is 639 g/mol. The van der Waals surface area contributed by atoms with E-state index in [1.807, 2.05) is 62.3 Å². The van der Waals surface area contributed by atoms with E-state index in [4.69, 9.17) is 9.47 Å². The lowest BCUT2D eigenvalue weighted by molar-refractivity contribution is -0.116. The van der Waals surface area contributed by atoms with E-state index in [1.165, 1.54) is 11.8 Å². The number of carbonyl (C=O) groups excluding carboxylic acids is 3. The van der Waals surface area contributed by atoms with Gasteiger partial charge < -0.3 is 30.3 Å². The van der Waals surface area contributed by atoms with Gasteiger partial charge in [-0.15, -0.1) is 11.8 Å². The lowest BCUT2D eigenvalue weighted by Gasteiger charge is -2.17. The van der Waals surface area contributed by atoms with Crippen LogP contribution in [0.5, 0.6) is 11.5 Å². The Labute approximate surface area is 274 Å². The van der Waals surface area contributed by atoms with Crippen LogP contribution in [0.15, 0.2) is 108 Å². The first-order chi connectivity index (χ1) is 22.2. The summed E-state index contributed by atoms with van der Waals surface area (Å²) in [5.74, 6) is 0.0726. The van der Waals surface area contributed by atoms with Crippen LogP contribution in [0.1, 0.15) is 29.3 Å². The SMILES string of the molecule is CCC(Sc1cccc(NC(=O)/C(=C\c2ccc(N(C)C)cc2)NC(=O)c2ccccc2)c1)C(=O)Nc1cc(OC)cc(OC)c1. The zero-order chi connectivity index (χ0) is 33.1. The highest BCUT2D eigenvalue weighted by molar-refractivity contribution is 8.00. The van der Waals surface area contributed by atoms with E-state index in [1.54, 1.807) is 81.0 Å². The van der Waals surface area contributed by atoms with Crippen molar-refractivity contribution in [2.24, 2.45) is 0 Å². The molecule has 3 N–H and O–H groups in total. The van der Waals surface area contributed by atoms with Crippen LogP contribution < -0.4 is 30.3 Å². The van der Waals surface area contributed by atoms with Crippen LogP contribution in [0.25, 0.3) is 6.08 Å². The normalized spacial score (nSPS) is 11.6. The summed E-state index contributed by atoms with van der Waals surface area (Å²) in [4.78, 5) is 42.6. The molecule has 0 heterocycles. The molecule has 0 saturated heterocycles. The van der Waals surface area contributed by atoms with Crippen LogP contribution in [0, 0.1) is 0 Å². The molecular formula is C36H38N4O5S. The molecule has 1 atom stereocenters. The number of thioether (sulfide) groups is 1. The number of anilines is 3. The van der Waals surface area contributed by atoms with Crippen LogP contribution in [0.4, 0.5) is 17.1 Å². The number of hydrogen-bond donors (Lipinski definition) is 3. The van der Waals surface area contributed by atoms with Gasteiger partial charge in [-0.2, -0.15) is 0 Å². The molecule has 3 amide bonds. The summed E-state index contributed by atoms with van der Waals surface area (Å²) in [5, 5.41) is 8.22. The molecule has 1 unspecified atom stereocenters. The van der Waals surface area contributed by atoms with E-state index in [9.17, 15) is 14.4 Å². The maximum Gasteiger partial charge on any atom is 0.272 e. The molecule has 4 aromatic carbocycles. The number of carbonyl (C=O) groups is 3. The first-order valence-corrected chi connectivity index (χ1v) is 15.5. The topological polar surface area (TPSA) is 109 Å². The minimum absolute atomic E-state index is 0.0871. The van der Waals surface area contributed by atoms with Gasteiger partial charge >= 0.3 is 0 Å². The summed E-state index contributed by atoms with van der Waals surface area (Å²) in [7, 11) is 7.00. The zero-order valence-corrected chi connectivity index (χ0v) is 27.3. The highest BCUT2D eigenvalue weighted by Gasteiger charge is 2.20. The van der Waals surface area contributed by atoms with E-state index in [0.29, 0.717) is 34.9 Å². The van der Waals surface area contributed by atoms with Crippen LogP contribution >= 0.6 is 11.8 Å². The molecule has 238 valence electrons. The monoisotopic (exact) mass is 638 g/mol. The molecule has 0 aromatic heterocycles. The number of benzene rings is 4. The molecule has 0 saturated carbocycles. The van der Waals surface area contributed by atoms with Crippen molar-refractivity contribution < 1.29 is 23.9 Å². The van der Waals surface area contributed by atoms with E-state index in [-0.39, 0.29) is 11.6 Å². The summed E-state index contributed by atoms with van der Waals surface area (Å²) < 4.78 is 10.6. The molecule has 0 radical (unpaired) electrons. The van der Waals surface area contributed by atoms with Gasteiger partial charge in [-0.25, -0.2) is 0 Å². The predicted octanol–water partition coefficient (Wildman–Crippen LogP) is 6.69. The predicted molar refractivity (Wildman–Crippen MR) is 186 cm³/mol. The Morgan fingerprint density at radius 3 is 2.09 bits per heavy atom. The Hall–Kier alpha value is -5.22. The second-order valence-corrected chi connectivity index (χ2v) is 11.7. The molecule has 0 aliphatic heterocycles. The first-order valence-electron chi connectivity index (χ1n) is 14.7. The number of methoxy groups -OCH3 is 2. The summed E-state index contributed by atoms with van der Waals surface area (Å²) in [6.07, 6.45) is 2.21. The molecule has 4 aromatic rings. The van der Waals surface area contributed by atoms with Crippen molar-refractivity contribution in [2.45, 2.75) is 23.5 Å². The van der Waals surface area contributed by atoms with E-state index >= 15 is 0 Å². The van der Waals surface area contributed by atoms with Crippen molar-refractivity contribution in [3.8, 4) is 11.5 Å². The maximum absolute atomic E-state index is 13.6. The molecular weight excluding hydrogens is 600 g/mol. The number of rotatable bonds is 13. The zero-order valence-electron chi connectivity index (χ0n) is 26.5. The van der Waals surface area contributed by atoms with Crippen LogP contribution in [0.2, 0.25) is 0 Å². The standard InChI is InChI=1S/C36H38N4O5S/c1-6-33(36(43)38-27-20-29(44-4)23-30(21-27)45-5)46-31-14-10-13-26(22-31)37-35(42)32(39-34(41)25-11-8-7-9-12-25)19-24-15-17-28(18-16-24)40(2)3/h7-23,33H,6H2,1-5H3,(H,37,42)(H,38,43)(H,39,41)/b32-19+. The molecule has 46 heavy (non-hydrogen) atoms. The highest BCUT2D eigenvalue weighted by Crippen LogP contribution is 2.30. The quantitative estimate of drug-likeness (QED) is 0.111. The first kappa shape index (κ1) is 33.7. The third-order valence-electron chi connectivity index (χ3n) is 6.90. The summed E-state index contributed by atoms with van der Waals surface area (Å²) in [6.45, 7) is 1.94. The van der Waals surface area contributed by atoms with Crippen molar-refractivity contribution in [3.63, 3.8) is 0 Å². The third kappa shape index (κ3) is 9.39. The van der Waals surface area contributed by atoms with E-state index in [0.717, 1.165) is 16.1 Å². The van der Waals surface area contributed by atoms with Gasteiger partial charge in [-0.05, 0) is 60.5 Å². The minimum atomic E-state index is -0.486. The second kappa shape index (κ2) is 16.2. The number of ether oxygens (including phenoxy) is 2. The molecule has 10 heteroatoms. The Morgan fingerprint density at radius 2 is 1.48 bits per heavy atom. The Kier molecular flexibility index (Phi) is 11.9. The lowest BCUT2D eigenvalue weighted by atomic mass is 10.1. The van der Waals surface area contributed by atoms with Crippen molar-refractivity contribution in [3.05, 3.63) is 114 Å². The van der Waals surface area contributed by atoms with E-state index < -0.39 is 17.1 Å². The van der Waals surface area contributed by atoms with Gasteiger partial charge in [-0.1, -0.05) is 43.3 Å². The Bertz CT molecular complexity index is 1670. The van der Waals surface area contributed by atoms with Crippen LogP contribution in [-0.4, -0.2) is 51.3 Å². The molecule has 0 fully saturated rings. The van der Waals surface area contributed by atoms with Gasteiger partial charge in [-0.3, -0.25) is 14.4 Å².